The van der Waals surface area contributed by atoms with Gasteiger partial charge in [0.1, 0.15) is 0 Å². The largest absolute Gasteiger partial charge is 0.369 e. The zero-order valence-electron chi connectivity index (χ0n) is 22.5. The molecule has 3 nitrogen and oxygen atoms in total. The third kappa shape index (κ3) is 3.47. The van der Waals surface area contributed by atoms with Crippen molar-refractivity contribution in [2.75, 3.05) is 5.73 Å². The quantitative estimate of drug-likeness (QED) is 0.254. The van der Waals surface area contributed by atoms with Crippen molar-refractivity contribution in [3.05, 3.63) is 126 Å². The summed E-state index contributed by atoms with van der Waals surface area (Å²) in [7, 11) is 0. The number of fused-ring (bicyclic) bond motifs is 6. The van der Waals surface area contributed by atoms with Crippen molar-refractivity contribution in [3.8, 4) is 39.1 Å². The summed E-state index contributed by atoms with van der Waals surface area (Å²) in [5, 5.41) is 0. The van der Waals surface area contributed by atoms with Gasteiger partial charge in [-0.15, -0.1) is 0 Å². The van der Waals surface area contributed by atoms with Crippen molar-refractivity contribution in [3.63, 3.8) is 0 Å². The zero-order chi connectivity index (χ0) is 26.7. The maximum absolute atomic E-state index is 6.32. The Bertz CT molecular complexity index is 1870. The van der Waals surface area contributed by atoms with Crippen LogP contribution >= 0.6 is 0 Å². The number of hydrogen-bond acceptors (Lipinski definition) is 2. The first-order valence-electron chi connectivity index (χ1n) is 14.4. The molecule has 40 heavy (non-hydrogen) atoms. The Morgan fingerprint density at radius 3 is 1.82 bits per heavy atom. The monoisotopic (exact) mass is 517 g/mol. The van der Waals surface area contributed by atoms with Gasteiger partial charge in [0.2, 0.25) is 5.95 Å². The molecule has 1 heterocycles. The normalized spacial score (nSPS) is 15.3. The van der Waals surface area contributed by atoms with Crippen LogP contribution in [0.4, 0.5) is 5.95 Å². The lowest BCUT2D eigenvalue weighted by molar-refractivity contribution is 0.353. The maximum atomic E-state index is 6.32. The van der Waals surface area contributed by atoms with E-state index >= 15 is 0 Å². The molecule has 194 valence electrons. The summed E-state index contributed by atoms with van der Waals surface area (Å²) in [6.45, 7) is 0. The second kappa shape index (κ2) is 8.96. The summed E-state index contributed by atoms with van der Waals surface area (Å²) in [6, 6.07) is 42.0. The van der Waals surface area contributed by atoms with E-state index in [0.717, 1.165) is 16.7 Å². The predicted molar refractivity (Wildman–Crippen MR) is 166 cm³/mol. The first-order valence-corrected chi connectivity index (χ1v) is 14.4. The van der Waals surface area contributed by atoms with Crippen LogP contribution in [0, 0.1) is 0 Å². The molecule has 1 spiro atoms. The van der Waals surface area contributed by atoms with E-state index in [0.29, 0.717) is 5.95 Å². The topological polar surface area (TPSA) is 43.8 Å². The van der Waals surface area contributed by atoms with E-state index in [2.05, 4.69) is 102 Å². The van der Waals surface area contributed by atoms with Crippen LogP contribution in [0.15, 0.2) is 115 Å². The molecule has 8 rings (SSSR count). The van der Waals surface area contributed by atoms with Gasteiger partial charge in [0.05, 0.1) is 11.0 Å². The number of benzene rings is 5. The van der Waals surface area contributed by atoms with E-state index in [-0.39, 0.29) is 5.41 Å². The van der Waals surface area contributed by atoms with E-state index in [9.17, 15) is 0 Å². The van der Waals surface area contributed by atoms with Gasteiger partial charge < -0.3 is 5.73 Å². The SMILES string of the molecule is Nc1nc2ccccc2n1-c1ccc(-c2ccc3c(c2)C2(CCCCC2)c2cc(-c4ccccc4)ccc2-3)cc1. The number of aromatic nitrogens is 2. The van der Waals surface area contributed by atoms with Gasteiger partial charge in [-0.3, -0.25) is 4.57 Å². The van der Waals surface area contributed by atoms with E-state index in [1.165, 1.54) is 76.6 Å². The predicted octanol–water partition coefficient (Wildman–Crippen LogP) is 9.17. The Hall–Kier alpha value is -4.63. The van der Waals surface area contributed by atoms with E-state index in [1.807, 2.05) is 22.8 Å². The summed E-state index contributed by atoms with van der Waals surface area (Å²) in [5.74, 6) is 0.512. The zero-order valence-corrected chi connectivity index (χ0v) is 22.5. The molecular formula is C37H31N3. The second-order valence-electron chi connectivity index (χ2n) is 11.4. The number of anilines is 1. The average Bonchev–Trinajstić information content (AvgIpc) is 3.49. The number of nitrogens with two attached hydrogens (primary N) is 1. The summed E-state index contributed by atoms with van der Waals surface area (Å²) in [5.41, 5.74) is 20.4. The van der Waals surface area contributed by atoms with Gasteiger partial charge in [-0.05, 0) is 93.7 Å². The van der Waals surface area contributed by atoms with Gasteiger partial charge in [0.15, 0.2) is 0 Å². The average molecular weight is 518 g/mol. The molecule has 6 aromatic rings. The van der Waals surface area contributed by atoms with Crippen molar-refractivity contribution in [1.29, 1.82) is 0 Å². The van der Waals surface area contributed by atoms with Gasteiger partial charge in [-0.2, -0.15) is 0 Å². The van der Waals surface area contributed by atoms with Gasteiger partial charge >= 0.3 is 0 Å². The molecule has 0 amide bonds. The van der Waals surface area contributed by atoms with Crippen molar-refractivity contribution < 1.29 is 0 Å². The Balaban J connectivity index is 1.21. The van der Waals surface area contributed by atoms with Crippen molar-refractivity contribution in [1.82, 2.24) is 9.55 Å². The molecule has 0 saturated heterocycles. The van der Waals surface area contributed by atoms with Crippen LogP contribution < -0.4 is 5.73 Å². The summed E-state index contributed by atoms with van der Waals surface area (Å²) in [4.78, 5) is 4.54. The summed E-state index contributed by atoms with van der Waals surface area (Å²) >= 11 is 0. The number of hydrogen-bond donors (Lipinski definition) is 1. The van der Waals surface area contributed by atoms with Crippen LogP contribution in [0.5, 0.6) is 0 Å². The highest BCUT2D eigenvalue weighted by molar-refractivity contribution is 5.86. The van der Waals surface area contributed by atoms with E-state index in [4.69, 9.17) is 5.73 Å². The van der Waals surface area contributed by atoms with Crippen LogP contribution in [0.2, 0.25) is 0 Å². The van der Waals surface area contributed by atoms with Gasteiger partial charge in [0, 0.05) is 11.1 Å². The van der Waals surface area contributed by atoms with Crippen LogP contribution in [0.3, 0.4) is 0 Å². The molecule has 0 atom stereocenters. The van der Waals surface area contributed by atoms with Crippen LogP contribution in [-0.2, 0) is 5.41 Å². The third-order valence-corrected chi connectivity index (χ3v) is 9.22. The minimum absolute atomic E-state index is 0.105. The molecular weight excluding hydrogens is 486 g/mol. The van der Waals surface area contributed by atoms with Crippen molar-refractivity contribution >= 4 is 17.0 Å². The van der Waals surface area contributed by atoms with Gasteiger partial charge in [0.25, 0.3) is 0 Å². The molecule has 1 saturated carbocycles. The fraction of sp³-hybridized carbons (Fsp3) is 0.162. The Morgan fingerprint density at radius 2 is 1.15 bits per heavy atom. The third-order valence-electron chi connectivity index (χ3n) is 9.22. The molecule has 0 radical (unpaired) electrons. The highest BCUT2D eigenvalue weighted by atomic mass is 15.2. The standard InChI is InChI=1S/C37H31N3/c38-36-39-34-11-5-6-12-35(34)40(36)29-17-13-26(14-18-29)28-16-20-31-30-19-15-27(25-9-3-1-4-10-25)23-32(30)37(33(31)24-28)21-7-2-8-22-37/h1,3-6,9-20,23-24H,2,7-8,21-22H2,(H2,38,39). The first-order chi connectivity index (χ1) is 19.7. The van der Waals surface area contributed by atoms with Crippen LogP contribution in [0.25, 0.3) is 50.1 Å². The Labute approximate surface area is 234 Å². The number of rotatable bonds is 3. The highest BCUT2D eigenvalue weighted by Gasteiger charge is 2.44. The molecule has 0 unspecified atom stereocenters. The second-order valence-corrected chi connectivity index (χ2v) is 11.4. The number of nitrogen functional groups attached to an aromatic ring is 1. The van der Waals surface area contributed by atoms with Crippen molar-refractivity contribution in [2.24, 2.45) is 0 Å². The summed E-state index contributed by atoms with van der Waals surface area (Å²) in [6.07, 6.45) is 6.35. The Morgan fingerprint density at radius 1 is 0.575 bits per heavy atom. The van der Waals surface area contributed by atoms with Gasteiger partial charge in [-0.25, -0.2) is 4.98 Å². The molecule has 5 aromatic carbocycles. The fourth-order valence-electron chi connectivity index (χ4n) is 7.30. The Kier molecular flexibility index (Phi) is 5.21. The highest BCUT2D eigenvalue weighted by Crippen LogP contribution is 2.57. The fourth-order valence-corrected chi connectivity index (χ4v) is 7.30. The molecule has 1 aromatic heterocycles. The van der Waals surface area contributed by atoms with Crippen molar-refractivity contribution in [2.45, 2.75) is 37.5 Å². The molecule has 0 bridgehead atoms. The van der Waals surface area contributed by atoms with E-state index < -0.39 is 0 Å². The van der Waals surface area contributed by atoms with Crippen LogP contribution in [-0.4, -0.2) is 9.55 Å². The smallest absolute Gasteiger partial charge is 0.205 e. The minimum Gasteiger partial charge on any atom is -0.369 e. The lowest BCUT2D eigenvalue weighted by atomic mass is 9.67. The number of nitrogens with zero attached hydrogens (tertiary/aromatic N) is 2. The molecule has 2 N–H and O–H groups in total. The number of para-hydroxylation sites is 2. The summed E-state index contributed by atoms with van der Waals surface area (Å²) < 4.78 is 2.03. The lowest BCUT2D eigenvalue weighted by Crippen LogP contribution is -2.28. The lowest BCUT2D eigenvalue weighted by Gasteiger charge is -2.36. The number of imidazole rings is 1. The minimum atomic E-state index is 0.105. The van der Waals surface area contributed by atoms with Crippen LogP contribution in [0.1, 0.15) is 43.2 Å². The molecule has 3 heteroatoms. The molecule has 2 aliphatic rings. The van der Waals surface area contributed by atoms with Gasteiger partial charge in [-0.1, -0.05) is 98.1 Å². The maximum Gasteiger partial charge on any atom is 0.205 e. The van der Waals surface area contributed by atoms with E-state index in [1.54, 1.807) is 0 Å². The first kappa shape index (κ1) is 23.3. The molecule has 2 aliphatic carbocycles. The molecule has 1 fully saturated rings. The molecule has 0 aliphatic heterocycles.